The van der Waals surface area contributed by atoms with Gasteiger partial charge in [-0.25, -0.2) is 14.7 Å². The monoisotopic (exact) mass is 277 g/mol. The van der Waals surface area contributed by atoms with Crippen molar-refractivity contribution in [2.24, 2.45) is 0 Å². The van der Waals surface area contributed by atoms with Crippen LogP contribution in [0.4, 0.5) is 5.95 Å². The van der Waals surface area contributed by atoms with Crippen LogP contribution in [-0.4, -0.2) is 28.4 Å². The van der Waals surface area contributed by atoms with Crippen LogP contribution < -0.4 is 4.72 Å². The molecule has 0 unspecified atom stereocenters. The molecule has 0 spiro atoms. The molecule has 0 atom stereocenters. The molecule has 0 radical (unpaired) electrons. The van der Waals surface area contributed by atoms with Gasteiger partial charge in [0.2, 0.25) is 5.95 Å². The molecular formula is C11H11N5O2S. The Labute approximate surface area is 109 Å². The Hall–Kier alpha value is -2.35. The molecule has 0 aliphatic heterocycles. The fraction of sp³-hybridized carbons (Fsp3) is 0.0909. The van der Waals surface area contributed by atoms with Gasteiger partial charge in [0.1, 0.15) is 5.82 Å². The lowest BCUT2D eigenvalue weighted by molar-refractivity contribution is 0.597. The minimum Gasteiger partial charge on any atom is -0.332 e. The third kappa shape index (κ3) is 2.17. The maximum atomic E-state index is 12.0. The number of aryl methyl sites for hydroxylation is 1. The van der Waals surface area contributed by atoms with Gasteiger partial charge in [-0.2, -0.15) is 8.42 Å². The van der Waals surface area contributed by atoms with Crippen LogP contribution in [0.15, 0.2) is 35.5 Å². The summed E-state index contributed by atoms with van der Waals surface area (Å²) in [6, 6.07) is 7.29. The predicted molar refractivity (Wildman–Crippen MR) is 70.2 cm³/mol. The number of hydrogen-bond acceptors (Lipinski definition) is 4. The maximum Gasteiger partial charge on any atom is 0.281 e. The van der Waals surface area contributed by atoms with E-state index >= 15 is 0 Å². The summed E-state index contributed by atoms with van der Waals surface area (Å²) in [6.45, 7) is 1.68. The van der Waals surface area contributed by atoms with Crippen LogP contribution in [0.25, 0.3) is 11.0 Å². The molecule has 3 N–H and O–H groups in total. The highest BCUT2D eigenvalue weighted by atomic mass is 32.2. The number of benzene rings is 1. The number of anilines is 1. The fourth-order valence-corrected chi connectivity index (χ4v) is 2.65. The van der Waals surface area contributed by atoms with E-state index in [1.54, 1.807) is 13.0 Å². The van der Waals surface area contributed by atoms with E-state index in [0.717, 1.165) is 5.52 Å². The standard InChI is InChI=1S/C11H11N5O2S/c1-7-12-6-10(13-7)19(17,18)16-11-14-8-4-2-3-5-9(8)15-11/h2-6H,1H3,(H,12,13)(H2,14,15,16). The van der Waals surface area contributed by atoms with Crippen molar-refractivity contribution < 1.29 is 8.42 Å². The number of hydrogen-bond donors (Lipinski definition) is 3. The van der Waals surface area contributed by atoms with Gasteiger partial charge in [-0.3, -0.25) is 0 Å². The van der Waals surface area contributed by atoms with Crippen molar-refractivity contribution in [3.8, 4) is 0 Å². The Balaban J connectivity index is 1.96. The Morgan fingerprint density at radius 1 is 1.21 bits per heavy atom. The van der Waals surface area contributed by atoms with Crippen molar-refractivity contribution in [2.45, 2.75) is 11.9 Å². The van der Waals surface area contributed by atoms with Gasteiger partial charge >= 0.3 is 0 Å². The van der Waals surface area contributed by atoms with Crippen molar-refractivity contribution in [1.29, 1.82) is 0 Å². The summed E-state index contributed by atoms with van der Waals surface area (Å²) < 4.78 is 26.5. The van der Waals surface area contributed by atoms with Crippen LogP contribution in [-0.2, 0) is 10.0 Å². The zero-order valence-corrected chi connectivity index (χ0v) is 10.8. The second kappa shape index (κ2) is 4.09. The van der Waals surface area contributed by atoms with Crippen LogP contribution >= 0.6 is 0 Å². The number of fused-ring (bicyclic) bond motifs is 1. The van der Waals surface area contributed by atoms with E-state index in [4.69, 9.17) is 0 Å². The molecule has 7 nitrogen and oxygen atoms in total. The Kier molecular flexibility index (Phi) is 2.53. The zero-order valence-electron chi connectivity index (χ0n) is 10.0. The number of rotatable bonds is 3. The van der Waals surface area contributed by atoms with E-state index in [0.29, 0.717) is 11.3 Å². The van der Waals surface area contributed by atoms with Gasteiger partial charge in [0.05, 0.1) is 17.2 Å². The highest BCUT2D eigenvalue weighted by Crippen LogP contribution is 2.16. The molecule has 2 heterocycles. The number of aromatic amines is 2. The molecule has 3 rings (SSSR count). The Bertz CT molecular complexity index is 801. The number of para-hydroxylation sites is 2. The smallest absolute Gasteiger partial charge is 0.281 e. The molecule has 1 aromatic carbocycles. The molecule has 0 bridgehead atoms. The minimum absolute atomic E-state index is 0.00505. The zero-order chi connectivity index (χ0) is 13.5. The van der Waals surface area contributed by atoms with Crippen LogP contribution in [0.2, 0.25) is 0 Å². The number of nitrogens with one attached hydrogen (secondary N) is 3. The van der Waals surface area contributed by atoms with E-state index in [2.05, 4.69) is 24.7 Å². The van der Waals surface area contributed by atoms with E-state index < -0.39 is 10.0 Å². The molecule has 0 saturated heterocycles. The molecule has 19 heavy (non-hydrogen) atoms. The van der Waals surface area contributed by atoms with Gasteiger partial charge in [0.25, 0.3) is 10.0 Å². The molecular weight excluding hydrogens is 266 g/mol. The lowest BCUT2D eigenvalue weighted by Gasteiger charge is -2.01. The van der Waals surface area contributed by atoms with Crippen molar-refractivity contribution >= 4 is 27.0 Å². The first-order valence-corrected chi connectivity index (χ1v) is 7.02. The number of imidazole rings is 2. The summed E-state index contributed by atoms with van der Waals surface area (Å²) in [5.41, 5.74) is 1.46. The topological polar surface area (TPSA) is 104 Å². The lowest BCUT2D eigenvalue weighted by Crippen LogP contribution is -2.14. The van der Waals surface area contributed by atoms with Crippen molar-refractivity contribution in [3.63, 3.8) is 0 Å². The van der Waals surface area contributed by atoms with Gasteiger partial charge in [-0.1, -0.05) is 12.1 Å². The molecule has 0 fully saturated rings. The molecule has 2 aromatic heterocycles. The van der Waals surface area contributed by atoms with Gasteiger partial charge < -0.3 is 9.97 Å². The Morgan fingerprint density at radius 3 is 2.68 bits per heavy atom. The number of nitrogens with zero attached hydrogens (tertiary/aromatic N) is 2. The average molecular weight is 277 g/mol. The molecule has 0 saturated carbocycles. The van der Waals surface area contributed by atoms with Crippen LogP contribution in [0.3, 0.4) is 0 Å². The summed E-state index contributed by atoms with van der Waals surface area (Å²) in [5, 5.41) is 0.00505. The third-order valence-corrected chi connectivity index (χ3v) is 3.84. The van der Waals surface area contributed by atoms with Gasteiger partial charge in [-0.15, -0.1) is 0 Å². The third-order valence-electron chi connectivity index (χ3n) is 2.59. The Morgan fingerprint density at radius 2 is 2.00 bits per heavy atom. The highest BCUT2D eigenvalue weighted by molar-refractivity contribution is 7.92. The molecule has 8 heteroatoms. The van der Waals surface area contributed by atoms with Crippen LogP contribution in [0.5, 0.6) is 0 Å². The van der Waals surface area contributed by atoms with Crippen molar-refractivity contribution in [3.05, 3.63) is 36.3 Å². The van der Waals surface area contributed by atoms with E-state index in [9.17, 15) is 8.42 Å². The quantitative estimate of drug-likeness (QED) is 0.673. The summed E-state index contributed by atoms with van der Waals surface area (Å²) in [4.78, 5) is 13.6. The minimum atomic E-state index is -3.70. The predicted octanol–water partition coefficient (Wildman–Crippen LogP) is 1.40. The summed E-state index contributed by atoms with van der Waals surface area (Å²) >= 11 is 0. The fourth-order valence-electron chi connectivity index (χ4n) is 1.72. The SMILES string of the molecule is Cc1ncc(S(=O)(=O)Nc2nc3ccccc3[nH]2)[nH]1. The second-order valence-corrected chi connectivity index (χ2v) is 5.69. The summed E-state index contributed by atoms with van der Waals surface area (Å²) in [7, 11) is -3.70. The van der Waals surface area contributed by atoms with Gasteiger partial charge in [0, 0.05) is 0 Å². The summed E-state index contributed by atoms with van der Waals surface area (Å²) in [5.74, 6) is 0.707. The number of sulfonamides is 1. The summed E-state index contributed by atoms with van der Waals surface area (Å²) in [6.07, 6.45) is 1.26. The average Bonchev–Trinajstić information content (AvgIpc) is 2.94. The molecule has 3 aromatic rings. The van der Waals surface area contributed by atoms with Gasteiger partial charge in [0.15, 0.2) is 5.03 Å². The second-order valence-electron chi connectivity index (χ2n) is 4.04. The van der Waals surface area contributed by atoms with Crippen molar-refractivity contribution in [1.82, 2.24) is 19.9 Å². The van der Waals surface area contributed by atoms with E-state index in [1.165, 1.54) is 6.20 Å². The molecule has 0 aliphatic carbocycles. The first-order valence-electron chi connectivity index (χ1n) is 5.54. The maximum absolute atomic E-state index is 12.0. The molecule has 98 valence electrons. The van der Waals surface area contributed by atoms with Gasteiger partial charge in [-0.05, 0) is 19.1 Å². The first kappa shape index (κ1) is 11.7. The first-order chi connectivity index (χ1) is 9.04. The van der Waals surface area contributed by atoms with Crippen LogP contribution in [0, 0.1) is 6.92 Å². The molecule has 0 amide bonds. The van der Waals surface area contributed by atoms with Crippen molar-refractivity contribution in [2.75, 3.05) is 4.72 Å². The normalized spacial score (nSPS) is 11.8. The number of aromatic nitrogens is 4. The number of H-pyrrole nitrogens is 2. The highest BCUT2D eigenvalue weighted by Gasteiger charge is 2.18. The van der Waals surface area contributed by atoms with E-state index in [-0.39, 0.29) is 11.0 Å². The largest absolute Gasteiger partial charge is 0.332 e. The molecule has 0 aliphatic rings. The lowest BCUT2D eigenvalue weighted by atomic mass is 10.3. The van der Waals surface area contributed by atoms with Crippen LogP contribution in [0.1, 0.15) is 5.82 Å². The van der Waals surface area contributed by atoms with E-state index in [1.807, 2.05) is 18.2 Å².